The third kappa shape index (κ3) is 3.90. The zero-order valence-corrected chi connectivity index (χ0v) is 14.0. The van der Waals surface area contributed by atoms with Crippen molar-refractivity contribution in [2.75, 3.05) is 6.54 Å². The van der Waals surface area contributed by atoms with E-state index in [9.17, 15) is 34.1 Å². The van der Waals surface area contributed by atoms with Crippen LogP contribution < -0.4 is 16.1 Å². The first-order valence-electron chi connectivity index (χ1n) is 7.13. The molecule has 0 unspecified atom stereocenters. The molecule has 2 rings (SSSR count). The lowest BCUT2D eigenvalue weighted by Crippen LogP contribution is -2.77. The van der Waals surface area contributed by atoms with Crippen molar-refractivity contribution < 1.29 is 39.3 Å². The van der Waals surface area contributed by atoms with Crippen molar-refractivity contribution in [1.29, 1.82) is 0 Å². The predicted octanol–water partition coefficient (Wildman–Crippen LogP) is 1.67. The van der Waals surface area contributed by atoms with E-state index in [2.05, 4.69) is 10.6 Å². The minimum Gasteiger partial charge on any atom is -0.384 e. The Balaban J connectivity index is 2.24. The SMILES string of the molecule is C[C@H]1NC[C@]1(O)[C@H](NC(=O)c1ccc(S(F)(F)(F)(F)F)cc1)C(=O)NO. The Kier molecular flexibility index (Phi) is 4.32. The standard InChI is InChI=1S/C13H16F5N3O4S/c1-7-13(24,6-19-7)10(12(23)21-25)20-11(22)8-2-4-9(5-3-8)26(14,15,16,17)18/h2-5,7,10,19,24-25H,6H2,1H3,(H,20,22)(H,21,23)/t7-,10-,13-/m1/s1. The van der Waals surface area contributed by atoms with Gasteiger partial charge >= 0.3 is 10.2 Å². The van der Waals surface area contributed by atoms with Gasteiger partial charge in [-0.2, -0.15) is 0 Å². The van der Waals surface area contributed by atoms with E-state index < -0.39 is 50.2 Å². The number of carbonyl (C=O) groups is 2. The van der Waals surface area contributed by atoms with Gasteiger partial charge in [-0.3, -0.25) is 14.8 Å². The molecule has 1 heterocycles. The number of rotatable bonds is 5. The van der Waals surface area contributed by atoms with E-state index in [0.29, 0.717) is 12.1 Å². The van der Waals surface area contributed by atoms with Crippen LogP contribution in [0, 0.1) is 0 Å². The summed E-state index contributed by atoms with van der Waals surface area (Å²) in [5.74, 6) is -2.25. The second-order valence-corrected chi connectivity index (χ2v) is 8.38. The van der Waals surface area contributed by atoms with E-state index in [0.717, 1.165) is 0 Å². The lowest BCUT2D eigenvalue weighted by molar-refractivity contribution is -0.146. The Morgan fingerprint density at radius 3 is 2.12 bits per heavy atom. The van der Waals surface area contributed by atoms with Gasteiger partial charge in [0.05, 0.1) is 0 Å². The molecule has 148 valence electrons. The van der Waals surface area contributed by atoms with Crippen LogP contribution in [0.25, 0.3) is 0 Å². The maximum absolute atomic E-state index is 12.7. The zero-order valence-electron chi connectivity index (χ0n) is 13.2. The van der Waals surface area contributed by atoms with Gasteiger partial charge < -0.3 is 15.7 Å². The molecule has 0 aliphatic carbocycles. The highest BCUT2D eigenvalue weighted by Crippen LogP contribution is 3.02. The molecule has 1 aliphatic heterocycles. The van der Waals surface area contributed by atoms with Gasteiger partial charge in [0, 0.05) is 18.2 Å². The molecular weight excluding hydrogens is 389 g/mol. The number of hydroxylamine groups is 1. The van der Waals surface area contributed by atoms with Crippen molar-refractivity contribution in [3.8, 4) is 0 Å². The molecule has 0 radical (unpaired) electrons. The Hall–Kier alpha value is -1.96. The van der Waals surface area contributed by atoms with Crippen molar-refractivity contribution >= 4 is 22.0 Å². The molecule has 2 amide bonds. The van der Waals surface area contributed by atoms with Crippen LogP contribution in [0.3, 0.4) is 0 Å². The monoisotopic (exact) mass is 405 g/mol. The fourth-order valence-electron chi connectivity index (χ4n) is 2.43. The van der Waals surface area contributed by atoms with Gasteiger partial charge in [-0.1, -0.05) is 19.4 Å². The van der Waals surface area contributed by atoms with Gasteiger partial charge in [0.15, 0.2) is 0 Å². The summed E-state index contributed by atoms with van der Waals surface area (Å²) in [6.07, 6.45) is 0. The second kappa shape index (κ2) is 5.52. The van der Waals surface area contributed by atoms with Crippen molar-refractivity contribution in [1.82, 2.24) is 16.1 Å². The molecule has 26 heavy (non-hydrogen) atoms. The average molecular weight is 405 g/mol. The Morgan fingerprint density at radius 1 is 1.23 bits per heavy atom. The van der Waals surface area contributed by atoms with Crippen LogP contribution in [0.15, 0.2) is 29.2 Å². The Labute approximate surface area is 144 Å². The molecule has 1 aromatic carbocycles. The first kappa shape index (κ1) is 20.4. The minimum atomic E-state index is -9.87. The maximum Gasteiger partial charge on any atom is 0.310 e. The zero-order chi connectivity index (χ0) is 20.0. The van der Waals surface area contributed by atoms with E-state index in [4.69, 9.17) is 5.21 Å². The summed E-state index contributed by atoms with van der Waals surface area (Å²) in [7, 11) is -9.87. The molecular formula is C13H16F5N3O4S. The van der Waals surface area contributed by atoms with Gasteiger partial charge in [0.25, 0.3) is 11.8 Å². The number of hydrogen-bond acceptors (Lipinski definition) is 5. The Bertz CT molecular complexity index is 743. The molecule has 0 aromatic heterocycles. The molecule has 13 heteroatoms. The van der Waals surface area contributed by atoms with Crippen LogP contribution in [0.4, 0.5) is 19.4 Å². The summed E-state index contributed by atoms with van der Waals surface area (Å²) in [6.45, 7) is 1.40. The largest absolute Gasteiger partial charge is 0.384 e. The highest BCUT2D eigenvalue weighted by Gasteiger charge is 2.65. The van der Waals surface area contributed by atoms with Gasteiger partial charge in [-0.15, -0.1) is 0 Å². The minimum absolute atomic E-state index is 0.0554. The van der Waals surface area contributed by atoms with Gasteiger partial charge in [-0.25, -0.2) is 5.48 Å². The van der Waals surface area contributed by atoms with Crippen LogP contribution >= 0.6 is 10.2 Å². The predicted molar refractivity (Wildman–Crippen MR) is 81.4 cm³/mol. The number of β-amino-alcohol motifs (C(OH)–C–C–N with tert-alkyl or cyclic N) is 1. The van der Waals surface area contributed by atoms with E-state index in [1.807, 2.05) is 0 Å². The van der Waals surface area contributed by atoms with E-state index in [-0.39, 0.29) is 18.7 Å². The van der Waals surface area contributed by atoms with Gasteiger partial charge in [-0.05, 0) is 31.2 Å². The topological polar surface area (TPSA) is 111 Å². The molecule has 1 fully saturated rings. The molecule has 7 nitrogen and oxygen atoms in total. The average Bonchev–Trinajstić information content (AvgIpc) is 2.54. The summed E-state index contributed by atoms with van der Waals surface area (Å²) in [4.78, 5) is 21.7. The van der Waals surface area contributed by atoms with Crippen molar-refractivity contribution in [2.24, 2.45) is 0 Å². The van der Waals surface area contributed by atoms with Crippen LogP contribution in [0.2, 0.25) is 0 Å². The first-order chi connectivity index (χ1) is 11.6. The summed E-state index contributed by atoms with van der Waals surface area (Å²) in [5, 5.41) is 23.9. The molecule has 5 N–H and O–H groups in total. The van der Waals surface area contributed by atoms with E-state index in [1.54, 1.807) is 0 Å². The van der Waals surface area contributed by atoms with Crippen molar-refractivity contribution in [3.05, 3.63) is 29.8 Å². The summed E-state index contributed by atoms with van der Waals surface area (Å²) in [6, 6.07) is -1.13. The maximum atomic E-state index is 12.7. The normalized spacial score (nSPS) is 26.7. The quantitative estimate of drug-likeness (QED) is 0.291. The summed E-state index contributed by atoms with van der Waals surface area (Å²) >= 11 is 0. The fraction of sp³-hybridized carbons (Fsp3) is 0.385. The molecule has 1 aliphatic rings. The number of hydrogen-bond donors (Lipinski definition) is 5. The molecule has 0 spiro atoms. The molecule has 3 atom stereocenters. The van der Waals surface area contributed by atoms with Crippen molar-refractivity contribution in [3.63, 3.8) is 0 Å². The van der Waals surface area contributed by atoms with E-state index >= 15 is 0 Å². The fourth-order valence-corrected chi connectivity index (χ4v) is 3.08. The molecule has 1 saturated heterocycles. The molecule has 0 bridgehead atoms. The van der Waals surface area contributed by atoms with Gasteiger partial charge in [0.1, 0.15) is 16.5 Å². The van der Waals surface area contributed by atoms with Crippen LogP contribution in [-0.4, -0.2) is 46.4 Å². The van der Waals surface area contributed by atoms with Crippen LogP contribution in [0.5, 0.6) is 0 Å². The lowest BCUT2D eigenvalue weighted by atomic mass is 9.80. The number of nitrogens with one attached hydrogen (secondary N) is 3. The highest BCUT2D eigenvalue weighted by atomic mass is 32.5. The number of halogens is 5. The van der Waals surface area contributed by atoms with Gasteiger partial charge in [0.2, 0.25) is 0 Å². The number of benzene rings is 1. The smallest absolute Gasteiger partial charge is 0.310 e. The first-order valence-corrected chi connectivity index (χ1v) is 9.08. The Morgan fingerprint density at radius 2 is 1.77 bits per heavy atom. The van der Waals surface area contributed by atoms with Crippen LogP contribution in [-0.2, 0) is 4.79 Å². The molecule has 0 saturated carbocycles. The number of carbonyl (C=O) groups excluding carboxylic acids is 2. The lowest BCUT2D eigenvalue weighted by Gasteiger charge is -2.48. The number of aliphatic hydroxyl groups is 1. The molecule has 1 aromatic rings. The third-order valence-electron chi connectivity index (χ3n) is 4.15. The summed E-state index contributed by atoms with van der Waals surface area (Å²) < 4.78 is 63.4. The third-order valence-corrected chi connectivity index (χ3v) is 5.31. The second-order valence-electron chi connectivity index (χ2n) is 5.97. The number of amides is 2. The van der Waals surface area contributed by atoms with E-state index in [1.165, 1.54) is 12.4 Å². The summed E-state index contributed by atoms with van der Waals surface area (Å²) in [5.41, 5.74) is -0.936. The highest BCUT2D eigenvalue weighted by molar-refractivity contribution is 8.45. The van der Waals surface area contributed by atoms with Crippen molar-refractivity contribution in [2.45, 2.75) is 29.5 Å². The van der Waals surface area contributed by atoms with Crippen LogP contribution in [0.1, 0.15) is 17.3 Å².